The molecule has 2 aromatic rings. The first-order chi connectivity index (χ1) is 10.2. The summed E-state index contributed by atoms with van der Waals surface area (Å²) in [4.78, 5) is 0. The molecule has 114 valence electrons. The zero-order valence-electron chi connectivity index (χ0n) is 13.4. The van der Waals surface area contributed by atoms with E-state index in [-0.39, 0.29) is 0 Å². The van der Waals surface area contributed by atoms with Gasteiger partial charge in [0, 0.05) is 17.8 Å². The lowest BCUT2D eigenvalue weighted by Gasteiger charge is -2.37. The van der Waals surface area contributed by atoms with Gasteiger partial charge < -0.3 is 5.32 Å². The highest BCUT2D eigenvalue weighted by Gasteiger charge is 2.31. The summed E-state index contributed by atoms with van der Waals surface area (Å²) in [7, 11) is 0. The maximum Gasteiger partial charge on any atom is 0.0709 e. The highest BCUT2D eigenvalue weighted by molar-refractivity contribution is 5.55. The van der Waals surface area contributed by atoms with Gasteiger partial charge in [-0.3, -0.25) is 0 Å². The van der Waals surface area contributed by atoms with E-state index in [0.29, 0.717) is 6.04 Å². The van der Waals surface area contributed by atoms with Gasteiger partial charge in [-0.2, -0.15) is 5.10 Å². The van der Waals surface area contributed by atoms with Crippen LogP contribution in [0.2, 0.25) is 0 Å². The highest BCUT2D eigenvalue weighted by Crippen LogP contribution is 2.40. The van der Waals surface area contributed by atoms with Crippen molar-refractivity contribution in [1.29, 1.82) is 0 Å². The molecular formula is C18H27N3. The van der Waals surface area contributed by atoms with Crippen molar-refractivity contribution < 1.29 is 0 Å². The summed E-state index contributed by atoms with van der Waals surface area (Å²) in [6.45, 7) is 8.03. The summed E-state index contributed by atoms with van der Waals surface area (Å²) in [5.41, 5.74) is 2.61. The van der Waals surface area contributed by atoms with Gasteiger partial charge in [-0.25, -0.2) is 4.52 Å². The van der Waals surface area contributed by atoms with Crippen molar-refractivity contribution in [2.75, 3.05) is 6.54 Å². The molecule has 21 heavy (non-hydrogen) atoms. The largest absolute Gasteiger partial charge is 0.310 e. The van der Waals surface area contributed by atoms with E-state index in [1.165, 1.54) is 30.3 Å². The van der Waals surface area contributed by atoms with Crippen molar-refractivity contribution in [2.45, 2.75) is 46.1 Å². The van der Waals surface area contributed by atoms with Crippen molar-refractivity contribution in [2.24, 2.45) is 17.8 Å². The molecule has 2 aromatic heterocycles. The zero-order chi connectivity index (χ0) is 14.8. The third-order valence-corrected chi connectivity index (χ3v) is 5.33. The summed E-state index contributed by atoms with van der Waals surface area (Å²) in [5.74, 6) is 2.42. The quantitative estimate of drug-likeness (QED) is 0.918. The van der Waals surface area contributed by atoms with Crippen LogP contribution in [-0.2, 0) is 0 Å². The Morgan fingerprint density at radius 3 is 2.90 bits per heavy atom. The molecule has 2 heterocycles. The number of aromatic nitrogens is 2. The molecule has 4 unspecified atom stereocenters. The fourth-order valence-electron chi connectivity index (χ4n) is 3.84. The van der Waals surface area contributed by atoms with E-state index in [9.17, 15) is 0 Å². The van der Waals surface area contributed by atoms with Gasteiger partial charge in [0.25, 0.3) is 0 Å². The van der Waals surface area contributed by atoms with Gasteiger partial charge in [0.1, 0.15) is 0 Å². The van der Waals surface area contributed by atoms with E-state index < -0.39 is 0 Å². The average Bonchev–Trinajstić information content (AvgIpc) is 2.92. The van der Waals surface area contributed by atoms with Crippen LogP contribution < -0.4 is 5.32 Å². The van der Waals surface area contributed by atoms with E-state index in [1.807, 2.05) is 16.8 Å². The SMILES string of the molecule is CCNC(c1cnn2ccccc12)C1CCC(C)C(C)C1. The lowest BCUT2D eigenvalue weighted by atomic mass is 9.72. The van der Waals surface area contributed by atoms with Gasteiger partial charge in [0.05, 0.1) is 11.7 Å². The summed E-state index contributed by atoms with van der Waals surface area (Å²) in [6.07, 6.45) is 8.10. The molecule has 0 spiro atoms. The lowest BCUT2D eigenvalue weighted by molar-refractivity contribution is 0.172. The summed E-state index contributed by atoms with van der Waals surface area (Å²) in [6, 6.07) is 6.76. The minimum atomic E-state index is 0.435. The Morgan fingerprint density at radius 1 is 1.29 bits per heavy atom. The monoisotopic (exact) mass is 285 g/mol. The molecule has 4 atom stereocenters. The van der Waals surface area contributed by atoms with E-state index >= 15 is 0 Å². The maximum atomic E-state index is 4.53. The molecule has 1 N–H and O–H groups in total. The van der Waals surface area contributed by atoms with Crippen LogP contribution in [0.1, 0.15) is 51.6 Å². The number of hydrogen-bond donors (Lipinski definition) is 1. The summed E-state index contributed by atoms with van der Waals surface area (Å²) < 4.78 is 1.99. The molecule has 1 saturated carbocycles. The number of nitrogens with zero attached hydrogens (tertiary/aromatic N) is 2. The molecule has 0 aliphatic heterocycles. The molecule has 0 radical (unpaired) electrons. The molecule has 1 aliphatic carbocycles. The Hall–Kier alpha value is -1.35. The van der Waals surface area contributed by atoms with Crippen LogP contribution in [0.4, 0.5) is 0 Å². The first kappa shape index (κ1) is 14.6. The van der Waals surface area contributed by atoms with Crippen LogP contribution in [0.5, 0.6) is 0 Å². The fourth-order valence-corrected chi connectivity index (χ4v) is 3.84. The Bertz CT molecular complexity index is 589. The Balaban J connectivity index is 1.91. The van der Waals surface area contributed by atoms with Gasteiger partial charge >= 0.3 is 0 Å². The van der Waals surface area contributed by atoms with Crippen LogP contribution >= 0.6 is 0 Å². The van der Waals surface area contributed by atoms with E-state index in [2.05, 4.69) is 49.5 Å². The lowest BCUT2D eigenvalue weighted by Crippen LogP contribution is -2.33. The smallest absolute Gasteiger partial charge is 0.0709 e. The topological polar surface area (TPSA) is 29.3 Å². The normalized spacial score (nSPS) is 27.9. The number of rotatable bonds is 4. The molecule has 0 aromatic carbocycles. The summed E-state index contributed by atoms with van der Waals surface area (Å²) >= 11 is 0. The van der Waals surface area contributed by atoms with Gasteiger partial charge in [0.2, 0.25) is 0 Å². The van der Waals surface area contributed by atoms with Crippen LogP contribution in [0, 0.1) is 17.8 Å². The molecule has 0 bridgehead atoms. The minimum absolute atomic E-state index is 0.435. The molecule has 1 aliphatic rings. The maximum absolute atomic E-state index is 4.53. The molecule has 1 fully saturated rings. The van der Waals surface area contributed by atoms with Crippen molar-refractivity contribution in [3.05, 3.63) is 36.2 Å². The van der Waals surface area contributed by atoms with Crippen LogP contribution in [0.3, 0.4) is 0 Å². The van der Waals surface area contributed by atoms with Crippen molar-refractivity contribution in [3.8, 4) is 0 Å². The predicted molar refractivity (Wildman–Crippen MR) is 87.3 cm³/mol. The molecular weight excluding hydrogens is 258 g/mol. The molecule has 3 heteroatoms. The van der Waals surface area contributed by atoms with Crippen molar-refractivity contribution in [3.63, 3.8) is 0 Å². The van der Waals surface area contributed by atoms with E-state index in [0.717, 1.165) is 24.3 Å². The third kappa shape index (κ3) is 2.84. The van der Waals surface area contributed by atoms with Gasteiger partial charge in [-0.15, -0.1) is 0 Å². The summed E-state index contributed by atoms with van der Waals surface area (Å²) in [5, 5.41) is 8.26. The molecule has 0 amide bonds. The predicted octanol–water partition coefficient (Wildman–Crippen LogP) is 4.06. The number of hydrogen-bond acceptors (Lipinski definition) is 2. The Labute approximate surface area is 127 Å². The Kier molecular flexibility index (Phi) is 4.29. The first-order valence-electron chi connectivity index (χ1n) is 8.36. The second-order valence-electron chi connectivity index (χ2n) is 6.69. The van der Waals surface area contributed by atoms with Gasteiger partial charge in [-0.1, -0.05) is 33.3 Å². The molecule has 3 nitrogen and oxygen atoms in total. The second-order valence-corrected chi connectivity index (χ2v) is 6.69. The van der Waals surface area contributed by atoms with Gasteiger partial charge in [-0.05, 0) is 49.3 Å². The minimum Gasteiger partial charge on any atom is -0.310 e. The van der Waals surface area contributed by atoms with Crippen molar-refractivity contribution >= 4 is 5.52 Å². The average molecular weight is 285 g/mol. The zero-order valence-corrected chi connectivity index (χ0v) is 13.4. The number of fused-ring (bicyclic) bond motifs is 1. The molecule has 0 saturated heterocycles. The van der Waals surface area contributed by atoms with Crippen LogP contribution in [0.15, 0.2) is 30.6 Å². The van der Waals surface area contributed by atoms with Gasteiger partial charge in [0.15, 0.2) is 0 Å². The van der Waals surface area contributed by atoms with E-state index in [1.54, 1.807) is 0 Å². The highest BCUT2D eigenvalue weighted by atomic mass is 15.2. The first-order valence-corrected chi connectivity index (χ1v) is 8.36. The fraction of sp³-hybridized carbons (Fsp3) is 0.611. The second kappa shape index (κ2) is 6.18. The van der Waals surface area contributed by atoms with Crippen molar-refractivity contribution in [1.82, 2.24) is 14.9 Å². The van der Waals surface area contributed by atoms with Crippen LogP contribution in [-0.4, -0.2) is 16.2 Å². The number of pyridine rings is 1. The van der Waals surface area contributed by atoms with Crippen LogP contribution in [0.25, 0.3) is 5.52 Å². The van der Waals surface area contributed by atoms with E-state index in [4.69, 9.17) is 0 Å². The Morgan fingerprint density at radius 2 is 2.14 bits per heavy atom. The standard InChI is InChI=1S/C18H27N3/c1-4-19-18(15-9-8-13(2)14(3)11-15)16-12-20-21-10-6-5-7-17(16)21/h5-7,10,12-15,18-19H,4,8-9,11H2,1-3H3. The molecule has 3 rings (SSSR count). The third-order valence-electron chi connectivity index (χ3n) is 5.33. The number of nitrogens with one attached hydrogen (secondary N) is 1.